The average Bonchev–Trinajstić information content (AvgIpc) is 3.05. The van der Waals surface area contributed by atoms with E-state index in [0.717, 1.165) is 25.3 Å². The van der Waals surface area contributed by atoms with Crippen LogP contribution in [0.4, 0.5) is 13.2 Å². The maximum atomic E-state index is 12.7. The molecule has 1 aromatic heterocycles. The zero-order chi connectivity index (χ0) is 17.4. The minimum atomic E-state index is -4.47. The van der Waals surface area contributed by atoms with Gasteiger partial charge in [0.2, 0.25) is 0 Å². The van der Waals surface area contributed by atoms with Gasteiger partial charge in [-0.1, -0.05) is 19.3 Å². The van der Waals surface area contributed by atoms with Crippen LogP contribution in [-0.4, -0.2) is 44.4 Å². The summed E-state index contributed by atoms with van der Waals surface area (Å²) in [5, 5.41) is 14.2. The van der Waals surface area contributed by atoms with Gasteiger partial charge in [-0.15, -0.1) is 0 Å². The molecule has 1 amide bonds. The lowest BCUT2D eigenvalue weighted by molar-refractivity contribution is -0.156. The van der Waals surface area contributed by atoms with E-state index in [-0.39, 0.29) is 11.9 Å². The van der Waals surface area contributed by atoms with Gasteiger partial charge < -0.3 is 10.0 Å². The zero-order valence-corrected chi connectivity index (χ0v) is 13.4. The van der Waals surface area contributed by atoms with Crippen molar-refractivity contribution in [3.63, 3.8) is 0 Å². The van der Waals surface area contributed by atoms with E-state index in [0.29, 0.717) is 38.8 Å². The van der Waals surface area contributed by atoms with Crippen LogP contribution in [0.5, 0.6) is 0 Å². The van der Waals surface area contributed by atoms with Crippen molar-refractivity contribution in [1.29, 1.82) is 0 Å². The molecule has 1 aliphatic carbocycles. The number of halogens is 3. The molecule has 0 bridgehead atoms. The van der Waals surface area contributed by atoms with Crippen LogP contribution in [0.15, 0.2) is 12.3 Å². The number of carbonyl (C=O) groups excluding carboxylic acids is 1. The standard InChI is InChI=1S/C16H22F3N3O2/c17-16(18,19)13-6-10-22(20-13)12-5-4-9-21(11-12)14(23)15(24)7-2-1-3-8-15/h6,10,12,24H,1-5,7-9,11H2. The number of alkyl halides is 3. The first-order valence-corrected chi connectivity index (χ1v) is 8.44. The van der Waals surface area contributed by atoms with Gasteiger partial charge in [-0.2, -0.15) is 18.3 Å². The van der Waals surface area contributed by atoms with Crippen LogP contribution >= 0.6 is 0 Å². The second kappa shape index (κ2) is 6.38. The first kappa shape index (κ1) is 17.3. The fraction of sp³-hybridized carbons (Fsp3) is 0.750. The number of nitrogens with zero attached hydrogens (tertiary/aromatic N) is 3. The second-order valence-corrected chi connectivity index (χ2v) is 6.82. The molecule has 134 valence electrons. The van der Waals surface area contributed by atoms with Crippen LogP contribution in [0.3, 0.4) is 0 Å². The molecule has 2 fully saturated rings. The van der Waals surface area contributed by atoms with E-state index in [4.69, 9.17) is 0 Å². The Labute approximate surface area is 138 Å². The van der Waals surface area contributed by atoms with Gasteiger partial charge >= 0.3 is 6.18 Å². The second-order valence-electron chi connectivity index (χ2n) is 6.82. The summed E-state index contributed by atoms with van der Waals surface area (Å²) in [4.78, 5) is 14.3. The minimum absolute atomic E-state index is 0.282. The highest BCUT2D eigenvalue weighted by Crippen LogP contribution is 2.33. The molecule has 1 aliphatic heterocycles. The summed E-state index contributed by atoms with van der Waals surface area (Å²) in [6.45, 7) is 0.825. The molecule has 3 rings (SSSR count). The fourth-order valence-corrected chi connectivity index (χ4v) is 3.69. The molecule has 1 saturated heterocycles. The highest BCUT2D eigenvalue weighted by Gasteiger charge is 2.41. The van der Waals surface area contributed by atoms with Crippen LogP contribution < -0.4 is 0 Å². The van der Waals surface area contributed by atoms with Crippen molar-refractivity contribution in [2.24, 2.45) is 0 Å². The lowest BCUT2D eigenvalue weighted by Crippen LogP contribution is -2.53. The van der Waals surface area contributed by atoms with Gasteiger partial charge in [0.25, 0.3) is 5.91 Å². The van der Waals surface area contributed by atoms with Crippen LogP contribution in [-0.2, 0) is 11.0 Å². The van der Waals surface area contributed by atoms with Crippen molar-refractivity contribution in [2.45, 2.75) is 62.8 Å². The number of likely N-dealkylation sites (tertiary alicyclic amines) is 1. The molecular weight excluding hydrogens is 323 g/mol. The van der Waals surface area contributed by atoms with Crippen molar-refractivity contribution < 1.29 is 23.1 Å². The van der Waals surface area contributed by atoms with Gasteiger partial charge in [-0.3, -0.25) is 9.48 Å². The van der Waals surface area contributed by atoms with Crippen LogP contribution in [0.25, 0.3) is 0 Å². The Morgan fingerprint density at radius 2 is 1.96 bits per heavy atom. The third-order valence-electron chi connectivity index (χ3n) is 5.04. The molecule has 1 atom stereocenters. The van der Waals surface area contributed by atoms with E-state index in [1.54, 1.807) is 4.90 Å². The van der Waals surface area contributed by atoms with Gasteiger partial charge in [-0.25, -0.2) is 0 Å². The Bertz CT molecular complexity index is 594. The van der Waals surface area contributed by atoms with E-state index < -0.39 is 17.5 Å². The first-order valence-electron chi connectivity index (χ1n) is 8.44. The summed E-state index contributed by atoms with van der Waals surface area (Å²) in [7, 11) is 0. The van der Waals surface area contributed by atoms with E-state index in [1.165, 1.54) is 10.9 Å². The smallest absolute Gasteiger partial charge is 0.380 e. The molecule has 8 heteroatoms. The van der Waals surface area contributed by atoms with Crippen molar-refractivity contribution in [3.8, 4) is 0 Å². The largest absolute Gasteiger partial charge is 0.435 e. The maximum Gasteiger partial charge on any atom is 0.435 e. The van der Waals surface area contributed by atoms with E-state index in [1.807, 2.05) is 0 Å². The quantitative estimate of drug-likeness (QED) is 0.897. The Morgan fingerprint density at radius 3 is 2.58 bits per heavy atom. The molecule has 0 aromatic carbocycles. The number of amides is 1. The third-order valence-corrected chi connectivity index (χ3v) is 5.04. The number of carbonyl (C=O) groups is 1. The average molecular weight is 345 g/mol. The summed E-state index contributed by atoms with van der Waals surface area (Å²) in [5.41, 5.74) is -2.22. The maximum absolute atomic E-state index is 12.7. The molecule has 1 N–H and O–H groups in total. The van der Waals surface area contributed by atoms with Gasteiger partial charge in [0.1, 0.15) is 5.60 Å². The number of piperidine rings is 1. The summed E-state index contributed by atoms with van der Waals surface area (Å²) < 4.78 is 39.4. The van der Waals surface area contributed by atoms with Crippen molar-refractivity contribution in [2.75, 3.05) is 13.1 Å². The van der Waals surface area contributed by atoms with Gasteiger partial charge in [-0.05, 0) is 31.7 Å². The highest BCUT2D eigenvalue weighted by molar-refractivity contribution is 5.85. The van der Waals surface area contributed by atoms with Crippen molar-refractivity contribution in [1.82, 2.24) is 14.7 Å². The topological polar surface area (TPSA) is 58.4 Å². The number of aromatic nitrogens is 2. The predicted octanol–water partition coefficient (Wildman–Crippen LogP) is 2.76. The molecular formula is C16H22F3N3O2. The summed E-state index contributed by atoms with van der Waals surface area (Å²) >= 11 is 0. The number of rotatable bonds is 2. The normalized spacial score (nSPS) is 24.8. The van der Waals surface area contributed by atoms with Gasteiger partial charge in [0.15, 0.2) is 5.69 Å². The molecule has 2 heterocycles. The SMILES string of the molecule is O=C(N1CCCC(n2ccc(C(F)(F)F)n2)C1)C1(O)CCCCC1. The van der Waals surface area contributed by atoms with E-state index in [2.05, 4.69) is 5.10 Å². The molecule has 0 spiro atoms. The molecule has 1 saturated carbocycles. The van der Waals surface area contributed by atoms with Gasteiger partial charge in [0, 0.05) is 19.3 Å². The summed E-state index contributed by atoms with van der Waals surface area (Å²) in [6.07, 6.45) is 1.81. The summed E-state index contributed by atoms with van der Waals surface area (Å²) in [6, 6.07) is 0.668. The van der Waals surface area contributed by atoms with Crippen molar-refractivity contribution in [3.05, 3.63) is 18.0 Å². The molecule has 1 unspecified atom stereocenters. The Kier molecular flexibility index (Phi) is 4.59. The predicted molar refractivity (Wildman–Crippen MR) is 80.1 cm³/mol. The number of hydrogen-bond acceptors (Lipinski definition) is 3. The lowest BCUT2D eigenvalue weighted by atomic mass is 9.83. The fourth-order valence-electron chi connectivity index (χ4n) is 3.69. The number of hydrogen-bond donors (Lipinski definition) is 1. The molecule has 0 radical (unpaired) electrons. The third kappa shape index (κ3) is 3.43. The van der Waals surface area contributed by atoms with Gasteiger partial charge in [0.05, 0.1) is 6.04 Å². The Balaban J connectivity index is 1.70. The molecule has 2 aliphatic rings. The zero-order valence-electron chi connectivity index (χ0n) is 13.4. The molecule has 5 nitrogen and oxygen atoms in total. The van der Waals surface area contributed by atoms with Crippen molar-refractivity contribution >= 4 is 5.91 Å². The lowest BCUT2D eigenvalue weighted by Gasteiger charge is -2.39. The molecule has 24 heavy (non-hydrogen) atoms. The van der Waals surface area contributed by atoms with Crippen LogP contribution in [0, 0.1) is 0 Å². The minimum Gasteiger partial charge on any atom is -0.380 e. The first-order chi connectivity index (χ1) is 11.3. The van der Waals surface area contributed by atoms with E-state index >= 15 is 0 Å². The van der Waals surface area contributed by atoms with Crippen LogP contribution in [0.1, 0.15) is 56.7 Å². The summed E-state index contributed by atoms with van der Waals surface area (Å²) in [5.74, 6) is -0.282. The highest BCUT2D eigenvalue weighted by atomic mass is 19.4. The number of aliphatic hydroxyl groups is 1. The Hall–Kier alpha value is -1.57. The van der Waals surface area contributed by atoms with E-state index in [9.17, 15) is 23.1 Å². The monoisotopic (exact) mass is 345 g/mol. The molecule has 1 aromatic rings. The van der Waals surface area contributed by atoms with Crippen LogP contribution in [0.2, 0.25) is 0 Å². The Morgan fingerprint density at radius 1 is 1.25 bits per heavy atom.